The summed E-state index contributed by atoms with van der Waals surface area (Å²) in [5.74, 6) is 0.838. The van der Waals surface area contributed by atoms with E-state index >= 15 is 0 Å². The minimum atomic E-state index is -0.108. The number of carbonyl (C=O) groups is 1. The van der Waals surface area contributed by atoms with Gasteiger partial charge >= 0.3 is 0 Å². The number of methoxy groups -OCH3 is 1. The van der Waals surface area contributed by atoms with Crippen molar-refractivity contribution in [1.29, 1.82) is 0 Å². The molecule has 4 aromatic rings. The molecule has 9 nitrogen and oxygen atoms in total. The molecule has 3 heterocycles. The first kappa shape index (κ1) is 23.7. The molecule has 0 aliphatic carbocycles. The highest BCUT2D eigenvalue weighted by Gasteiger charge is 2.25. The van der Waals surface area contributed by atoms with E-state index < -0.39 is 0 Å². The van der Waals surface area contributed by atoms with Gasteiger partial charge in [-0.15, -0.1) is 0 Å². The van der Waals surface area contributed by atoms with Crippen molar-refractivity contribution in [1.82, 2.24) is 25.1 Å². The number of amides is 1. The minimum Gasteiger partial charge on any atom is -0.495 e. The maximum atomic E-state index is 12.7. The Bertz CT molecular complexity index is 1390. The molecule has 9 heteroatoms. The number of carbonyl (C=O) groups excluding carboxylic acids is 1. The Morgan fingerprint density at radius 3 is 2.58 bits per heavy atom. The number of hydrogen-bond donors (Lipinski definition) is 2. The van der Waals surface area contributed by atoms with E-state index in [4.69, 9.17) is 15.6 Å². The highest BCUT2D eigenvalue weighted by atomic mass is 16.5. The zero-order valence-corrected chi connectivity index (χ0v) is 20.9. The van der Waals surface area contributed by atoms with E-state index in [1.54, 1.807) is 18.9 Å². The molecular weight excluding hydrogens is 454 g/mol. The first-order valence-electron chi connectivity index (χ1n) is 12.3. The lowest BCUT2D eigenvalue weighted by molar-refractivity contribution is -0.115. The number of nitrogens with two attached hydrogens (primary N) is 1. The topological polar surface area (TPSA) is 111 Å². The van der Waals surface area contributed by atoms with Crippen molar-refractivity contribution in [3.8, 4) is 17.0 Å². The van der Waals surface area contributed by atoms with Crippen molar-refractivity contribution in [3.05, 3.63) is 54.4 Å². The van der Waals surface area contributed by atoms with Crippen LogP contribution < -0.4 is 20.7 Å². The molecule has 36 heavy (non-hydrogen) atoms. The van der Waals surface area contributed by atoms with Crippen LogP contribution in [0.5, 0.6) is 5.75 Å². The average Bonchev–Trinajstić information content (AvgIpc) is 3.31. The third kappa shape index (κ3) is 4.26. The fourth-order valence-corrected chi connectivity index (χ4v) is 4.88. The summed E-state index contributed by atoms with van der Waals surface area (Å²) >= 11 is 0. The van der Waals surface area contributed by atoms with Gasteiger partial charge in [0.2, 0.25) is 5.91 Å². The van der Waals surface area contributed by atoms with Crippen molar-refractivity contribution < 1.29 is 9.53 Å². The third-order valence-corrected chi connectivity index (χ3v) is 6.78. The van der Waals surface area contributed by atoms with Crippen molar-refractivity contribution >= 4 is 34.1 Å². The summed E-state index contributed by atoms with van der Waals surface area (Å²) in [7, 11) is 1.60. The molecule has 2 aromatic carbocycles. The lowest BCUT2D eigenvalue weighted by Gasteiger charge is -2.24. The molecule has 0 atom stereocenters. The van der Waals surface area contributed by atoms with Crippen LogP contribution in [-0.2, 0) is 11.2 Å². The monoisotopic (exact) mass is 485 g/mol. The second-order valence-electron chi connectivity index (χ2n) is 8.99. The minimum absolute atomic E-state index is 0.108. The van der Waals surface area contributed by atoms with Gasteiger partial charge in [0.05, 0.1) is 24.2 Å². The van der Waals surface area contributed by atoms with Crippen LogP contribution in [0.15, 0.2) is 48.8 Å². The summed E-state index contributed by atoms with van der Waals surface area (Å²) in [6.45, 7) is 5.52. The Kier molecular flexibility index (Phi) is 6.56. The summed E-state index contributed by atoms with van der Waals surface area (Å²) in [6, 6.07) is 13.9. The van der Waals surface area contributed by atoms with Gasteiger partial charge in [-0.25, -0.2) is 14.6 Å². The molecule has 0 bridgehead atoms. The number of hydrogen-bond acceptors (Lipinski definition) is 7. The van der Waals surface area contributed by atoms with Crippen LogP contribution in [0.2, 0.25) is 0 Å². The Balaban J connectivity index is 1.61. The highest BCUT2D eigenvalue weighted by molar-refractivity contribution is 6.02. The van der Waals surface area contributed by atoms with Gasteiger partial charge in [0.25, 0.3) is 0 Å². The van der Waals surface area contributed by atoms with Crippen LogP contribution in [-0.4, -0.2) is 45.9 Å². The van der Waals surface area contributed by atoms with Crippen LogP contribution in [0, 0.1) is 0 Å². The van der Waals surface area contributed by atoms with E-state index in [9.17, 15) is 4.79 Å². The molecule has 2 aromatic heterocycles. The molecule has 0 saturated carbocycles. The number of piperidine rings is 1. The summed E-state index contributed by atoms with van der Waals surface area (Å²) in [5.41, 5.74) is 11.2. The molecule has 0 spiro atoms. The quantitative estimate of drug-likeness (QED) is 0.420. The number of aryl methyl sites for hydroxylation is 1. The van der Waals surface area contributed by atoms with E-state index in [1.807, 2.05) is 47.1 Å². The average molecular weight is 486 g/mol. The Morgan fingerprint density at radius 2 is 1.92 bits per heavy atom. The van der Waals surface area contributed by atoms with Gasteiger partial charge in [-0.05, 0) is 62.2 Å². The molecule has 1 aliphatic rings. The van der Waals surface area contributed by atoms with Gasteiger partial charge in [-0.2, -0.15) is 5.10 Å². The molecule has 1 saturated heterocycles. The summed E-state index contributed by atoms with van der Waals surface area (Å²) < 4.78 is 7.76. The van der Waals surface area contributed by atoms with Crippen molar-refractivity contribution in [3.63, 3.8) is 0 Å². The van der Waals surface area contributed by atoms with Crippen LogP contribution in [0.3, 0.4) is 0 Å². The predicted octanol–water partition coefficient (Wildman–Crippen LogP) is 4.26. The first-order chi connectivity index (χ1) is 17.5. The first-order valence-corrected chi connectivity index (χ1v) is 12.3. The fraction of sp³-hybridized carbons (Fsp3) is 0.333. The number of nitrogens with zero attached hydrogens (tertiary/aromatic N) is 5. The van der Waals surface area contributed by atoms with Gasteiger partial charge in [-0.3, -0.25) is 9.69 Å². The zero-order valence-electron chi connectivity index (χ0n) is 20.9. The van der Waals surface area contributed by atoms with E-state index in [1.165, 1.54) is 11.9 Å². The molecule has 1 fully saturated rings. The number of ether oxygens (including phenoxy) is 1. The number of anilines is 3. The molecule has 3 N–H and O–H groups in total. The van der Waals surface area contributed by atoms with Gasteiger partial charge in [-0.1, -0.05) is 25.1 Å². The SMILES string of the molecule is CCc1ccc(N(C(C)=O)c2ccc(-c3nn(C4CCNCC4)c4ncnc(N)c34)cc2OC)cc1. The third-order valence-electron chi connectivity index (χ3n) is 6.78. The summed E-state index contributed by atoms with van der Waals surface area (Å²) in [6.07, 6.45) is 4.35. The van der Waals surface area contributed by atoms with E-state index in [2.05, 4.69) is 22.2 Å². The van der Waals surface area contributed by atoms with Gasteiger partial charge in [0.15, 0.2) is 5.65 Å². The van der Waals surface area contributed by atoms with E-state index in [-0.39, 0.29) is 11.9 Å². The largest absolute Gasteiger partial charge is 0.495 e. The number of aromatic nitrogens is 4. The van der Waals surface area contributed by atoms with Crippen LogP contribution in [0.1, 0.15) is 38.3 Å². The number of nitrogens with one attached hydrogen (secondary N) is 1. The number of rotatable bonds is 6. The summed E-state index contributed by atoms with van der Waals surface area (Å²) in [4.78, 5) is 23.2. The lowest BCUT2D eigenvalue weighted by Crippen LogP contribution is -2.30. The van der Waals surface area contributed by atoms with E-state index in [0.29, 0.717) is 22.9 Å². The smallest absolute Gasteiger partial charge is 0.228 e. The van der Waals surface area contributed by atoms with Crippen molar-refractivity contribution in [2.24, 2.45) is 0 Å². The molecule has 5 rings (SSSR count). The highest BCUT2D eigenvalue weighted by Crippen LogP contribution is 2.40. The van der Waals surface area contributed by atoms with Crippen LogP contribution >= 0.6 is 0 Å². The fourth-order valence-electron chi connectivity index (χ4n) is 4.88. The van der Waals surface area contributed by atoms with Crippen molar-refractivity contribution in [2.45, 2.75) is 39.2 Å². The van der Waals surface area contributed by atoms with Crippen LogP contribution in [0.25, 0.3) is 22.3 Å². The normalized spacial score (nSPS) is 14.2. The van der Waals surface area contributed by atoms with Crippen molar-refractivity contribution in [2.75, 3.05) is 30.8 Å². The predicted molar refractivity (Wildman–Crippen MR) is 142 cm³/mol. The second-order valence-corrected chi connectivity index (χ2v) is 8.99. The molecular formula is C27H31N7O2. The molecule has 186 valence electrons. The molecule has 1 aliphatic heterocycles. The number of nitrogen functional groups attached to an aromatic ring is 1. The lowest BCUT2D eigenvalue weighted by atomic mass is 10.1. The molecule has 1 amide bonds. The zero-order chi connectivity index (χ0) is 25.2. The van der Waals surface area contributed by atoms with E-state index in [0.717, 1.165) is 54.6 Å². The maximum absolute atomic E-state index is 12.7. The van der Waals surface area contributed by atoms with Gasteiger partial charge in [0, 0.05) is 18.2 Å². The number of fused-ring (bicyclic) bond motifs is 1. The Labute approximate surface area is 210 Å². The summed E-state index contributed by atoms with van der Waals surface area (Å²) in [5, 5.41) is 9.10. The van der Waals surface area contributed by atoms with Crippen LogP contribution in [0.4, 0.5) is 17.2 Å². The second kappa shape index (κ2) is 9.94. The Hall–Kier alpha value is -3.98. The number of benzene rings is 2. The Morgan fingerprint density at radius 1 is 1.17 bits per heavy atom. The molecule has 0 unspecified atom stereocenters. The standard InChI is InChI=1S/C27H31N7O2/c1-4-18-5-8-20(9-6-18)33(17(2)35)22-10-7-19(15-23(22)36-3)25-24-26(28)30-16-31-27(24)34(32-25)21-11-13-29-14-12-21/h5-10,15-16,21,29H,4,11-14H2,1-3H3,(H2,28,30,31). The van der Waals surface area contributed by atoms with Gasteiger partial charge < -0.3 is 15.8 Å². The van der Waals surface area contributed by atoms with Gasteiger partial charge in [0.1, 0.15) is 23.6 Å². The maximum Gasteiger partial charge on any atom is 0.228 e. The molecule has 0 radical (unpaired) electrons.